The summed E-state index contributed by atoms with van der Waals surface area (Å²) in [6.07, 6.45) is 0.0571. The van der Waals surface area contributed by atoms with Crippen molar-refractivity contribution >= 4 is 28.7 Å². The molecular formula is C25H26N4O2S. The smallest absolute Gasteiger partial charge is 0.307 e. The largest absolute Gasteiger partial charge is 0.481 e. The molecule has 1 aliphatic rings. The highest BCUT2D eigenvalue weighted by Crippen LogP contribution is 2.33. The number of nitriles is 1. The number of thiophene rings is 1. The molecule has 2 aromatic carbocycles. The van der Waals surface area contributed by atoms with Gasteiger partial charge in [-0.2, -0.15) is 5.26 Å². The SMILES string of the molecule is C[C@H](CN[C@H](c1ccccc1)[C@H]1CNc2cccc(C#N)c2N1)c1cc(CC(=O)O)cs1. The van der Waals surface area contributed by atoms with Crippen molar-refractivity contribution in [2.75, 3.05) is 23.7 Å². The maximum absolute atomic E-state index is 11.0. The molecule has 1 aromatic heterocycles. The van der Waals surface area contributed by atoms with Crippen LogP contribution >= 0.6 is 11.3 Å². The molecule has 1 aliphatic heterocycles. The molecule has 0 fully saturated rings. The molecule has 0 aliphatic carbocycles. The van der Waals surface area contributed by atoms with E-state index in [-0.39, 0.29) is 24.4 Å². The van der Waals surface area contributed by atoms with Gasteiger partial charge in [-0.15, -0.1) is 11.3 Å². The Hall–Kier alpha value is -3.34. The lowest BCUT2D eigenvalue weighted by Crippen LogP contribution is -2.45. The molecule has 2 heterocycles. The highest BCUT2D eigenvalue weighted by molar-refractivity contribution is 7.10. The summed E-state index contributed by atoms with van der Waals surface area (Å²) in [4.78, 5) is 12.2. The van der Waals surface area contributed by atoms with Gasteiger partial charge in [-0.1, -0.05) is 43.3 Å². The van der Waals surface area contributed by atoms with Gasteiger partial charge in [-0.3, -0.25) is 4.79 Å². The van der Waals surface area contributed by atoms with Crippen LogP contribution in [-0.2, 0) is 11.2 Å². The fraction of sp³-hybridized carbons (Fsp3) is 0.280. The van der Waals surface area contributed by atoms with Crippen LogP contribution in [-0.4, -0.2) is 30.2 Å². The van der Waals surface area contributed by atoms with Crippen molar-refractivity contribution in [3.8, 4) is 6.07 Å². The van der Waals surface area contributed by atoms with E-state index in [1.807, 2.05) is 47.8 Å². The standard InChI is InChI=1S/C25H26N4O2S/c1-16(22-10-17(15-32-22)11-23(30)31)13-28-24(18-6-3-2-4-7-18)21-14-27-20-9-5-8-19(12-26)25(20)29-21/h2-10,15-16,21,24,27-29H,11,13-14H2,1H3,(H,30,31)/t16-,21-,24-/m1/s1. The number of nitrogens with zero attached hydrogens (tertiary/aromatic N) is 1. The summed E-state index contributed by atoms with van der Waals surface area (Å²) < 4.78 is 0. The third-order valence-electron chi connectivity index (χ3n) is 5.75. The second-order valence-electron chi connectivity index (χ2n) is 8.10. The Labute approximate surface area is 191 Å². The minimum Gasteiger partial charge on any atom is -0.481 e. The minimum absolute atomic E-state index is 0.0319. The first-order chi connectivity index (χ1) is 15.5. The Balaban J connectivity index is 1.51. The monoisotopic (exact) mass is 446 g/mol. The maximum atomic E-state index is 11.0. The fourth-order valence-corrected chi connectivity index (χ4v) is 5.06. The zero-order valence-electron chi connectivity index (χ0n) is 17.8. The number of benzene rings is 2. The van der Waals surface area contributed by atoms with Gasteiger partial charge >= 0.3 is 5.97 Å². The van der Waals surface area contributed by atoms with Crippen molar-refractivity contribution in [2.24, 2.45) is 0 Å². The Morgan fingerprint density at radius 2 is 2.09 bits per heavy atom. The van der Waals surface area contributed by atoms with E-state index < -0.39 is 5.97 Å². The van der Waals surface area contributed by atoms with E-state index in [1.54, 1.807) is 11.3 Å². The third kappa shape index (κ3) is 4.93. The van der Waals surface area contributed by atoms with Gasteiger partial charge in [0.05, 0.1) is 35.4 Å². The van der Waals surface area contributed by atoms with Gasteiger partial charge in [-0.05, 0) is 34.7 Å². The first-order valence-corrected chi connectivity index (χ1v) is 11.5. The summed E-state index contributed by atoms with van der Waals surface area (Å²) in [5, 5.41) is 31.3. The van der Waals surface area contributed by atoms with Crippen LogP contribution in [0.15, 0.2) is 60.0 Å². The molecule has 7 heteroatoms. The van der Waals surface area contributed by atoms with Crippen molar-refractivity contribution in [2.45, 2.75) is 31.3 Å². The first kappa shape index (κ1) is 21.9. The van der Waals surface area contributed by atoms with Gasteiger partial charge in [0, 0.05) is 23.9 Å². The van der Waals surface area contributed by atoms with Crippen LogP contribution in [0.3, 0.4) is 0 Å². The molecule has 6 nitrogen and oxygen atoms in total. The predicted octanol–water partition coefficient (Wildman–Crippen LogP) is 4.59. The Bertz CT molecular complexity index is 1120. The molecule has 3 atom stereocenters. The molecule has 164 valence electrons. The summed E-state index contributed by atoms with van der Waals surface area (Å²) in [6, 6.07) is 20.4. The molecule has 0 saturated carbocycles. The molecule has 0 saturated heterocycles. The number of fused-ring (bicyclic) bond motifs is 1. The van der Waals surface area contributed by atoms with E-state index in [0.29, 0.717) is 5.56 Å². The minimum atomic E-state index is -0.808. The highest BCUT2D eigenvalue weighted by atomic mass is 32.1. The van der Waals surface area contributed by atoms with Crippen LogP contribution < -0.4 is 16.0 Å². The molecule has 3 aromatic rings. The molecule has 0 bridgehead atoms. The van der Waals surface area contributed by atoms with Crippen molar-refractivity contribution in [1.82, 2.24) is 5.32 Å². The maximum Gasteiger partial charge on any atom is 0.307 e. The predicted molar refractivity (Wildman–Crippen MR) is 128 cm³/mol. The van der Waals surface area contributed by atoms with Crippen molar-refractivity contribution in [1.29, 1.82) is 5.26 Å². The Morgan fingerprint density at radius 1 is 1.28 bits per heavy atom. The Kier molecular flexibility index (Phi) is 6.74. The molecule has 0 amide bonds. The number of aliphatic carboxylic acids is 1. The zero-order valence-corrected chi connectivity index (χ0v) is 18.7. The summed E-state index contributed by atoms with van der Waals surface area (Å²) >= 11 is 1.61. The lowest BCUT2D eigenvalue weighted by atomic mass is 9.95. The van der Waals surface area contributed by atoms with Gasteiger partial charge in [0.15, 0.2) is 0 Å². The Morgan fingerprint density at radius 3 is 2.84 bits per heavy atom. The van der Waals surface area contributed by atoms with Crippen LogP contribution in [0, 0.1) is 11.3 Å². The molecule has 4 N–H and O–H groups in total. The van der Waals surface area contributed by atoms with Crippen molar-refractivity contribution < 1.29 is 9.90 Å². The van der Waals surface area contributed by atoms with Gasteiger partial charge in [-0.25, -0.2) is 0 Å². The summed E-state index contributed by atoms with van der Waals surface area (Å²) in [7, 11) is 0. The second-order valence-corrected chi connectivity index (χ2v) is 9.04. The second kappa shape index (κ2) is 9.86. The average Bonchev–Trinajstić information content (AvgIpc) is 3.27. The van der Waals surface area contributed by atoms with Crippen LogP contribution in [0.5, 0.6) is 0 Å². The van der Waals surface area contributed by atoms with Crippen LogP contribution in [0.2, 0.25) is 0 Å². The quantitative estimate of drug-likeness (QED) is 0.404. The van der Waals surface area contributed by atoms with Gasteiger partial charge in [0.1, 0.15) is 6.07 Å². The van der Waals surface area contributed by atoms with Crippen molar-refractivity contribution in [3.05, 3.63) is 81.5 Å². The number of anilines is 2. The first-order valence-electron chi connectivity index (χ1n) is 10.7. The van der Waals surface area contributed by atoms with E-state index in [0.717, 1.165) is 30.0 Å². The number of hydrogen-bond acceptors (Lipinski definition) is 6. The molecule has 4 rings (SSSR count). The molecule has 32 heavy (non-hydrogen) atoms. The number of carboxylic acid groups (broad SMARTS) is 1. The van der Waals surface area contributed by atoms with E-state index in [1.165, 1.54) is 10.4 Å². The van der Waals surface area contributed by atoms with E-state index in [9.17, 15) is 10.1 Å². The summed E-state index contributed by atoms with van der Waals surface area (Å²) in [5.41, 5.74) is 4.45. The van der Waals surface area contributed by atoms with Crippen LogP contribution in [0.25, 0.3) is 0 Å². The van der Waals surface area contributed by atoms with Gasteiger partial charge < -0.3 is 21.1 Å². The molecule has 0 spiro atoms. The van der Waals surface area contributed by atoms with Crippen LogP contribution in [0.1, 0.15) is 40.5 Å². The van der Waals surface area contributed by atoms with E-state index in [2.05, 4.69) is 41.1 Å². The number of rotatable bonds is 8. The number of carbonyl (C=O) groups is 1. The number of nitrogens with one attached hydrogen (secondary N) is 3. The van der Waals surface area contributed by atoms with Gasteiger partial charge in [0.25, 0.3) is 0 Å². The molecule has 0 radical (unpaired) electrons. The lowest BCUT2D eigenvalue weighted by molar-refractivity contribution is -0.136. The van der Waals surface area contributed by atoms with E-state index >= 15 is 0 Å². The normalized spacial score (nSPS) is 16.7. The third-order valence-corrected chi connectivity index (χ3v) is 6.96. The highest BCUT2D eigenvalue weighted by Gasteiger charge is 2.28. The fourth-order valence-electron chi connectivity index (χ4n) is 4.08. The van der Waals surface area contributed by atoms with Crippen LogP contribution in [0.4, 0.5) is 11.4 Å². The summed E-state index contributed by atoms with van der Waals surface area (Å²) in [5.74, 6) is -0.565. The number of para-hydroxylation sites is 1. The lowest BCUT2D eigenvalue weighted by Gasteiger charge is -2.36. The molecular weight excluding hydrogens is 420 g/mol. The number of hydrogen-bond donors (Lipinski definition) is 4. The zero-order chi connectivity index (χ0) is 22.5. The topological polar surface area (TPSA) is 97.2 Å². The van der Waals surface area contributed by atoms with E-state index in [4.69, 9.17) is 5.11 Å². The summed E-state index contributed by atoms with van der Waals surface area (Å²) in [6.45, 7) is 3.63. The van der Waals surface area contributed by atoms with Crippen molar-refractivity contribution in [3.63, 3.8) is 0 Å². The average molecular weight is 447 g/mol. The molecule has 0 unspecified atom stereocenters. The number of carboxylic acids is 1. The van der Waals surface area contributed by atoms with Gasteiger partial charge in [0.2, 0.25) is 0 Å².